The summed E-state index contributed by atoms with van der Waals surface area (Å²) < 4.78 is 0.990. The van der Waals surface area contributed by atoms with Gasteiger partial charge in [0.05, 0.1) is 0 Å². The van der Waals surface area contributed by atoms with Gasteiger partial charge in [-0.05, 0) is 45.3 Å². The van der Waals surface area contributed by atoms with Crippen LogP contribution in [0.15, 0.2) is 28.7 Å². The lowest BCUT2D eigenvalue weighted by Gasteiger charge is -2.18. The van der Waals surface area contributed by atoms with E-state index in [2.05, 4.69) is 26.6 Å². The van der Waals surface area contributed by atoms with Crippen LogP contribution >= 0.6 is 15.9 Å². The fraction of sp³-hybridized carbons (Fsp3) is 0.417. The zero-order chi connectivity index (χ0) is 12.8. The molecule has 0 spiro atoms. The number of benzene rings is 1. The minimum atomic E-state index is -0.179. The van der Waals surface area contributed by atoms with Crippen molar-refractivity contribution >= 4 is 27.6 Å². The van der Waals surface area contributed by atoms with Gasteiger partial charge in [0, 0.05) is 22.7 Å². The molecule has 2 amide bonds. The van der Waals surface area contributed by atoms with Crippen molar-refractivity contribution in [3.8, 4) is 0 Å². The summed E-state index contributed by atoms with van der Waals surface area (Å²) in [4.78, 5) is 13.7. The number of carbonyl (C=O) groups excluding carboxylic acids is 1. The first-order valence-corrected chi connectivity index (χ1v) is 6.24. The van der Waals surface area contributed by atoms with Gasteiger partial charge in [-0.3, -0.25) is 0 Å². The summed E-state index contributed by atoms with van der Waals surface area (Å²) in [6, 6.07) is 7.40. The molecule has 1 aromatic carbocycles. The quantitative estimate of drug-likeness (QED) is 0.897. The molecule has 0 fully saturated rings. The van der Waals surface area contributed by atoms with E-state index in [1.807, 2.05) is 50.2 Å². The monoisotopic (exact) mass is 299 g/mol. The van der Waals surface area contributed by atoms with Gasteiger partial charge < -0.3 is 15.5 Å². The lowest BCUT2D eigenvalue weighted by molar-refractivity contribution is 0.245. The van der Waals surface area contributed by atoms with Crippen molar-refractivity contribution in [1.29, 1.82) is 0 Å². The van der Waals surface area contributed by atoms with Crippen LogP contribution in [-0.4, -0.2) is 37.6 Å². The molecule has 0 heterocycles. The van der Waals surface area contributed by atoms with Gasteiger partial charge in [-0.25, -0.2) is 4.79 Å². The van der Waals surface area contributed by atoms with E-state index >= 15 is 0 Å². The molecule has 94 valence electrons. The summed E-state index contributed by atoms with van der Waals surface area (Å²) in [5, 5.41) is 5.65. The second-order valence-electron chi connectivity index (χ2n) is 4.27. The Balaban J connectivity index is 2.41. The van der Waals surface area contributed by atoms with Gasteiger partial charge in [-0.1, -0.05) is 15.9 Å². The average molecular weight is 300 g/mol. The molecular weight excluding hydrogens is 282 g/mol. The molecule has 0 saturated heterocycles. The second-order valence-corrected chi connectivity index (χ2v) is 5.18. The standard InChI is InChI=1S/C12H18BrN3O/c1-9(8-16(2)3)14-12(17)15-11-6-4-10(13)5-7-11/h4-7,9H,8H2,1-3H3,(H2,14,15,17). The Labute approximate surface area is 111 Å². The smallest absolute Gasteiger partial charge is 0.319 e. The fourth-order valence-electron chi connectivity index (χ4n) is 1.52. The van der Waals surface area contributed by atoms with Crippen molar-refractivity contribution < 1.29 is 4.79 Å². The summed E-state index contributed by atoms with van der Waals surface area (Å²) in [6.07, 6.45) is 0. The molecule has 2 N–H and O–H groups in total. The first-order valence-electron chi connectivity index (χ1n) is 5.45. The van der Waals surface area contributed by atoms with Crippen molar-refractivity contribution in [2.24, 2.45) is 0 Å². The molecule has 0 bridgehead atoms. The van der Waals surface area contributed by atoms with Crippen LogP contribution in [0.2, 0.25) is 0 Å². The minimum absolute atomic E-state index is 0.112. The Bertz CT molecular complexity index is 365. The van der Waals surface area contributed by atoms with E-state index in [0.717, 1.165) is 16.7 Å². The zero-order valence-corrected chi connectivity index (χ0v) is 11.9. The number of anilines is 1. The first-order chi connectivity index (χ1) is 7.97. The van der Waals surface area contributed by atoms with Gasteiger partial charge in [0.2, 0.25) is 0 Å². The average Bonchev–Trinajstić information content (AvgIpc) is 2.19. The summed E-state index contributed by atoms with van der Waals surface area (Å²) in [5.41, 5.74) is 0.780. The highest BCUT2D eigenvalue weighted by Crippen LogP contribution is 2.13. The molecule has 17 heavy (non-hydrogen) atoms. The number of urea groups is 1. The largest absolute Gasteiger partial charge is 0.334 e. The van der Waals surface area contributed by atoms with Gasteiger partial charge in [-0.2, -0.15) is 0 Å². The van der Waals surface area contributed by atoms with Crippen LogP contribution in [0, 0.1) is 0 Å². The normalized spacial score (nSPS) is 12.3. The lowest BCUT2D eigenvalue weighted by Crippen LogP contribution is -2.41. The Morgan fingerprint density at radius 1 is 1.35 bits per heavy atom. The third kappa shape index (κ3) is 5.70. The van der Waals surface area contributed by atoms with Crippen LogP contribution in [0.3, 0.4) is 0 Å². The van der Waals surface area contributed by atoms with E-state index in [-0.39, 0.29) is 12.1 Å². The van der Waals surface area contributed by atoms with Gasteiger partial charge in [0.1, 0.15) is 0 Å². The minimum Gasteiger partial charge on any atom is -0.334 e. The van der Waals surface area contributed by atoms with Crippen LogP contribution in [0.4, 0.5) is 10.5 Å². The topological polar surface area (TPSA) is 44.4 Å². The Kier molecular flexibility index (Phi) is 5.44. The molecule has 0 aromatic heterocycles. The van der Waals surface area contributed by atoms with Crippen LogP contribution in [0.25, 0.3) is 0 Å². The van der Waals surface area contributed by atoms with E-state index < -0.39 is 0 Å². The van der Waals surface area contributed by atoms with E-state index in [4.69, 9.17) is 0 Å². The number of amides is 2. The highest BCUT2D eigenvalue weighted by Gasteiger charge is 2.07. The molecule has 1 atom stereocenters. The van der Waals surface area contributed by atoms with Gasteiger partial charge >= 0.3 is 6.03 Å². The maximum atomic E-state index is 11.6. The van der Waals surface area contributed by atoms with E-state index in [9.17, 15) is 4.79 Å². The van der Waals surface area contributed by atoms with Gasteiger partial charge in [0.25, 0.3) is 0 Å². The van der Waals surface area contributed by atoms with Crippen LogP contribution in [-0.2, 0) is 0 Å². The van der Waals surface area contributed by atoms with Crippen molar-refractivity contribution in [3.63, 3.8) is 0 Å². The lowest BCUT2D eigenvalue weighted by atomic mass is 10.3. The van der Waals surface area contributed by atoms with Crippen LogP contribution in [0.5, 0.6) is 0 Å². The summed E-state index contributed by atoms with van der Waals surface area (Å²) in [5.74, 6) is 0. The molecule has 1 rings (SSSR count). The molecular formula is C12H18BrN3O. The summed E-state index contributed by atoms with van der Waals surface area (Å²) in [6.45, 7) is 2.79. The Morgan fingerprint density at radius 3 is 2.47 bits per heavy atom. The maximum Gasteiger partial charge on any atom is 0.319 e. The molecule has 0 radical (unpaired) electrons. The number of likely N-dealkylation sites (N-methyl/N-ethyl adjacent to an activating group) is 1. The van der Waals surface area contributed by atoms with E-state index in [0.29, 0.717) is 0 Å². The molecule has 0 aliphatic rings. The van der Waals surface area contributed by atoms with Crippen LogP contribution < -0.4 is 10.6 Å². The molecule has 0 aliphatic carbocycles. The van der Waals surface area contributed by atoms with Crippen molar-refractivity contribution in [1.82, 2.24) is 10.2 Å². The Hall–Kier alpha value is -1.07. The third-order valence-electron chi connectivity index (χ3n) is 2.12. The van der Waals surface area contributed by atoms with Crippen LogP contribution in [0.1, 0.15) is 6.92 Å². The first kappa shape index (κ1) is 14.0. The summed E-state index contributed by atoms with van der Waals surface area (Å²) >= 11 is 3.35. The summed E-state index contributed by atoms with van der Waals surface area (Å²) in [7, 11) is 3.95. The third-order valence-corrected chi connectivity index (χ3v) is 2.65. The fourth-order valence-corrected chi connectivity index (χ4v) is 1.78. The zero-order valence-electron chi connectivity index (χ0n) is 10.3. The molecule has 4 nitrogen and oxygen atoms in total. The molecule has 1 unspecified atom stereocenters. The predicted molar refractivity (Wildman–Crippen MR) is 74.3 cm³/mol. The molecule has 1 aromatic rings. The highest BCUT2D eigenvalue weighted by molar-refractivity contribution is 9.10. The second kappa shape index (κ2) is 6.61. The number of hydrogen-bond acceptors (Lipinski definition) is 2. The van der Waals surface area contributed by atoms with Gasteiger partial charge in [-0.15, -0.1) is 0 Å². The molecule has 0 aliphatic heterocycles. The van der Waals surface area contributed by atoms with Crippen molar-refractivity contribution in [2.75, 3.05) is 26.0 Å². The number of nitrogens with one attached hydrogen (secondary N) is 2. The molecule has 5 heteroatoms. The Morgan fingerprint density at radius 2 is 1.94 bits per heavy atom. The van der Waals surface area contributed by atoms with E-state index in [1.54, 1.807) is 0 Å². The van der Waals surface area contributed by atoms with Gasteiger partial charge in [0.15, 0.2) is 0 Å². The number of rotatable bonds is 4. The van der Waals surface area contributed by atoms with Crippen molar-refractivity contribution in [3.05, 3.63) is 28.7 Å². The molecule has 0 saturated carbocycles. The maximum absolute atomic E-state index is 11.6. The number of halogens is 1. The number of carbonyl (C=O) groups is 1. The highest BCUT2D eigenvalue weighted by atomic mass is 79.9. The number of nitrogens with zero attached hydrogens (tertiary/aromatic N) is 1. The predicted octanol–water partition coefficient (Wildman–Crippen LogP) is 2.52. The van der Waals surface area contributed by atoms with E-state index in [1.165, 1.54) is 0 Å². The number of hydrogen-bond donors (Lipinski definition) is 2. The van der Waals surface area contributed by atoms with Crippen molar-refractivity contribution in [2.45, 2.75) is 13.0 Å². The SMILES string of the molecule is CC(CN(C)C)NC(=O)Nc1ccc(Br)cc1.